The van der Waals surface area contributed by atoms with Crippen molar-refractivity contribution >= 4 is 11.3 Å². The highest BCUT2D eigenvalue weighted by molar-refractivity contribution is 7.09. The molecule has 1 atom stereocenters. The maximum atomic E-state index is 5.33. The molecule has 1 aromatic heterocycles. The van der Waals surface area contributed by atoms with Gasteiger partial charge in [0.15, 0.2) is 0 Å². The first-order valence-electron chi connectivity index (χ1n) is 5.49. The van der Waals surface area contributed by atoms with Crippen LogP contribution in [0, 0.1) is 0 Å². The van der Waals surface area contributed by atoms with Gasteiger partial charge < -0.3 is 10.1 Å². The molecule has 0 spiro atoms. The molecule has 0 bridgehead atoms. The van der Waals surface area contributed by atoms with Gasteiger partial charge in [0, 0.05) is 30.3 Å². The third-order valence-electron chi connectivity index (χ3n) is 2.38. The number of likely N-dealkylation sites (N-methyl/N-ethyl adjacent to an activating group) is 1. The van der Waals surface area contributed by atoms with Gasteiger partial charge in [-0.2, -0.15) is 0 Å². The Bertz CT molecular complexity index is 239. The molecular weight excluding hydrogens is 208 g/mol. The molecule has 0 aliphatic rings. The van der Waals surface area contributed by atoms with E-state index in [9.17, 15) is 0 Å². The van der Waals surface area contributed by atoms with E-state index in [0.717, 1.165) is 32.5 Å². The lowest BCUT2D eigenvalue weighted by atomic mass is 10.1. The summed E-state index contributed by atoms with van der Waals surface area (Å²) in [6.45, 7) is 3.73. The molecule has 0 aliphatic heterocycles. The molecule has 0 fully saturated rings. The lowest BCUT2D eigenvalue weighted by molar-refractivity contribution is 0.141. The smallest absolute Gasteiger partial charge is 0.0794 e. The van der Waals surface area contributed by atoms with Gasteiger partial charge in [-0.05, 0) is 33.2 Å². The summed E-state index contributed by atoms with van der Waals surface area (Å²) < 4.78 is 5.33. The summed E-state index contributed by atoms with van der Waals surface area (Å²) in [6, 6.07) is 0.547. The Morgan fingerprint density at radius 2 is 2.47 bits per heavy atom. The lowest BCUT2D eigenvalue weighted by Crippen LogP contribution is -2.27. The Morgan fingerprint density at radius 1 is 1.60 bits per heavy atom. The molecule has 0 radical (unpaired) electrons. The van der Waals surface area contributed by atoms with Crippen molar-refractivity contribution in [3.05, 3.63) is 16.6 Å². The summed E-state index contributed by atoms with van der Waals surface area (Å²) in [6.07, 6.45) is 5.32. The number of nitrogens with one attached hydrogen (secondary N) is 1. The largest absolute Gasteiger partial charge is 0.382 e. The molecule has 3 nitrogen and oxygen atoms in total. The van der Waals surface area contributed by atoms with E-state index in [1.54, 1.807) is 11.3 Å². The average Bonchev–Trinajstić information content (AvgIpc) is 2.75. The monoisotopic (exact) mass is 228 g/mol. The molecule has 1 N–H and O–H groups in total. The predicted octanol–water partition coefficient (Wildman–Crippen LogP) is 2.09. The minimum atomic E-state index is 0.547. The number of aromatic nitrogens is 1. The Kier molecular flexibility index (Phi) is 6.55. The summed E-state index contributed by atoms with van der Waals surface area (Å²) in [5, 5.41) is 3.34. The van der Waals surface area contributed by atoms with Crippen LogP contribution < -0.4 is 5.32 Å². The highest BCUT2D eigenvalue weighted by atomic mass is 32.1. The van der Waals surface area contributed by atoms with E-state index in [1.807, 2.05) is 25.7 Å². The van der Waals surface area contributed by atoms with Crippen molar-refractivity contribution in [3.8, 4) is 0 Å². The standard InChI is InChI=1S/C11H20N2OS/c1-3-14-6-4-5-10(12-2)7-11-8-13-9-15-11/h8-10,12H,3-7H2,1-2H3. The van der Waals surface area contributed by atoms with E-state index in [0.29, 0.717) is 6.04 Å². The van der Waals surface area contributed by atoms with Crippen molar-refractivity contribution in [3.63, 3.8) is 0 Å². The van der Waals surface area contributed by atoms with Crippen LogP contribution in [-0.4, -0.2) is 31.3 Å². The van der Waals surface area contributed by atoms with E-state index in [2.05, 4.69) is 10.3 Å². The van der Waals surface area contributed by atoms with Crippen molar-refractivity contribution in [2.24, 2.45) is 0 Å². The molecule has 15 heavy (non-hydrogen) atoms. The summed E-state index contributed by atoms with van der Waals surface area (Å²) in [5.41, 5.74) is 1.89. The zero-order chi connectivity index (χ0) is 10.9. The minimum Gasteiger partial charge on any atom is -0.382 e. The van der Waals surface area contributed by atoms with Crippen LogP contribution in [0.5, 0.6) is 0 Å². The van der Waals surface area contributed by atoms with Crippen molar-refractivity contribution in [1.29, 1.82) is 0 Å². The molecule has 1 rings (SSSR count). The van der Waals surface area contributed by atoms with Crippen LogP contribution in [0.15, 0.2) is 11.7 Å². The van der Waals surface area contributed by atoms with Gasteiger partial charge in [-0.1, -0.05) is 0 Å². The summed E-state index contributed by atoms with van der Waals surface area (Å²) in [7, 11) is 2.02. The molecule has 0 amide bonds. The maximum absolute atomic E-state index is 5.33. The number of hydrogen-bond acceptors (Lipinski definition) is 4. The molecule has 86 valence electrons. The first-order valence-corrected chi connectivity index (χ1v) is 6.37. The number of rotatable bonds is 8. The van der Waals surface area contributed by atoms with Crippen molar-refractivity contribution in [1.82, 2.24) is 10.3 Å². The topological polar surface area (TPSA) is 34.1 Å². The Labute approximate surface area is 95.9 Å². The molecule has 4 heteroatoms. The predicted molar refractivity (Wildman–Crippen MR) is 64.4 cm³/mol. The van der Waals surface area contributed by atoms with Crippen molar-refractivity contribution in [2.45, 2.75) is 32.2 Å². The number of hydrogen-bond donors (Lipinski definition) is 1. The average molecular weight is 228 g/mol. The highest BCUT2D eigenvalue weighted by Gasteiger charge is 2.07. The van der Waals surface area contributed by atoms with Gasteiger partial charge in [0.05, 0.1) is 5.51 Å². The quantitative estimate of drug-likeness (QED) is 0.692. The minimum absolute atomic E-state index is 0.547. The van der Waals surface area contributed by atoms with Gasteiger partial charge in [0.2, 0.25) is 0 Å². The fourth-order valence-corrected chi connectivity index (χ4v) is 2.19. The Morgan fingerprint density at radius 3 is 3.07 bits per heavy atom. The van der Waals surface area contributed by atoms with E-state index in [1.165, 1.54) is 4.88 Å². The van der Waals surface area contributed by atoms with Gasteiger partial charge in [-0.25, -0.2) is 0 Å². The number of ether oxygens (including phenoxy) is 1. The van der Waals surface area contributed by atoms with E-state index >= 15 is 0 Å². The second-order valence-electron chi connectivity index (χ2n) is 3.50. The maximum Gasteiger partial charge on any atom is 0.0794 e. The second kappa shape index (κ2) is 7.79. The fourth-order valence-electron chi connectivity index (χ4n) is 1.51. The van der Waals surface area contributed by atoms with Crippen LogP contribution >= 0.6 is 11.3 Å². The highest BCUT2D eigenvalue weighted by Crippen LogP contribution is 2.11. The third kappa shape index (κ3) is 5.25. The summed E-state index contributed by atoms with van der Waals surface area (Å²) in [4.78, 5) is 5.44. The van der Waals surface area contributed by atoms with E-state index < -0.39 is 0 Å². The Balaban J connectivity index is 2.18. The lowest BCUT2D eigenvalue weighted by Gasteiger charge is -2.14. The molecule has 0 aliphatic carbocycles. The van der Waals surface area contributed by atoms with Gasteiger partial charge in [0.1, 0.15) is 0 Å². The molecular formula is C11H20N2OS. The van der Waals surface area contributed by atoms with Gasteiger partial charge in [0.25, 0.3) is 0 Å². The Hall–Kier alpha value is -0.450. The SMILES string of the molecule is CCOCCCC(Cc1cncs1)NC. The molecule has 0 saturated heterocycles. The number of nitrogens with zero attached hydrogens (tertiary/aromatic N) is 1. The second-order valence-corrected chi connectivity index (χ2v) is 4.47. The number of thiazole rings is 1. The molecule has 0 aromatic carbocycles. The van der Waals surface area contributed by atoms with Crippen LogP contribution in [0.3, 0.4) is 0 Å². The van der Waals surface area contributed by atoms with Crippen LogP contribution in [0.25, 0.3) is 0 Å². The zero-order valence-electron chi connectivity index (χ0n) is 9.53. The van der Waals surface area contributed by atoms with Crippen LogP contribution in [0.1, 0.15) is 24.6 Å². The van der Waals surface area contributed by atoms with Crippen molar-refractivity contribution in [2.75, 3.05) is 20.3 Å². The zero-order valence-corrected chi connectivity index (χ0v) is 10.3. The van der Waals surface area contributed by atoms with Gasteiger partial charge in [-0.3, -0.25) is 4.98 Å². The molecule has 1 aromatic rings. The van der Waals surface area contributed by atoms with Crippen molar-refractivity contribution < 1.29 is 4.74 Å². The normalized spacial score (nSPS) is 12.9. The van der Waals surface area contributed by atoms with Crippen LogP contribution in [-0.2, 0) is 11.2 Å². The molecule has 1 unspecified atom stereocenters. The fraction of sp³-hybridized carbons (Fsp3) is 0.727. The first kappa shape index (κ1) is 12.6. The van der Waals surface area contributed by atoms with E-state index in [-0.39, 0.29) is 0 Å². The molecule has 0 saturated carbocycles. The first-order chi connectivity index (χ1) is 7.36. The third-order valence-corrected chi connectivity index (χ3v) is 3.19. The van der Waals surface area contributed by atoms with Gasteiger partial charge in [-0.15, -0.1) is 11.3 Å². The summed E-state index contributed by atoms with van der Waals surface area (Å²) in [5.74, 6) is 0. The van der Waals surface area contributed by atoms with Crippen LogP contribution in [0.4, 0.5) is 0 Å². The summed E-state index contributed by atoms with van der Waals surface area (Å²) >= 11 is 1.73. The van der Waals surface area contributed by atoms with E-state index in [4.69, 9.17) is 4.74 Å². The van der Waals surface area contributed by atoms with Crippen LogP contribution in [0.2, 0.25) is 0 Å². The van der Waals surface area contributed by atoms with Gasteiger partial charge >= 0.3 is 0 Å². The molecule has 1 heterocycles.